The molecule has 27 heavy (non-hydrogen) atoms. The standard InChI is InChI=1S/C20H21ClN4OS/c1-13-8-10-15(11-9-13)12-27-20-24-23-18(25(20)3)14(2)22-19(26)16-6-4-5-7-17(16)21/h4-11,14H,12H2,1-3H3,(H,22,26)/t14-/m0/s1. The molecule has 0 bridgehead atoms. The molecule has 0 aliphatic heterocycles. The van der Waals surface area contributed by atoms with Gasteiger partial charge in [-0.25, -0.2) is 0 Å². The molecule has 140 valence electrons. The van der Waals surface area contributed by atoms with Crippen molar-refractivity contribution in [1.29, 1.82) is 0 Å². The summed E-state index contributed by atoms with van der Waals surface area (Å²) in [5, 5.41) is 12.7. The van der Waals surface area contributed by atoms with Crippen molar-refractivity contribution in [2.45, 2.75) is 30.8 Å². The first-order valence-corrected chi connectivity index (χ1v) is 9.95. The number of hydrogen-bond acceptors (Lipinski definition) is 4. The van der Waals surface area contributed by atoms with Crippen LogP contribution in [0.1, 0.15) is 40.3 Å². The largest absolute Gasteiger partial charge is 0.342 e. The van der Waals surface area contributed by atoms with Crippen molar-refractivity contribution in [3.8, 4) is 0 Å². The van der Waals surface area contributed by atoms with E-state index < -0.39 is 0 Å². The highest BCUT2D eigenvalue weighted by molar-refractivity contribution is 7.98. The number of rotatable bonds is 6. The van der Waals surface area contributed by atoms with Crippen molar-refractivity contribution in [1.82, 2.24) is 20.1 Å². The number of aryl methyl sites for hydroxylation is 1. The van der Waals surface area contributed by atoms with E-state index in [0.29, 0.717) is 16.4 Å². The number of nitrogens with one attached hydrogen (secondary N) is 1. The lowest BCUT2D eigenvalue weighted by Crippen LogP contribution is -2.28. The predicted molar refractivity (Wildman–Crippen MR) is 109 cm³/mol. The van der Waals surface area contributed by atoms with Crippen molar-refractivity contribution in [2.24, 2.45) is 7.05 Å². The van der Waals surface area contributed by atoms with Crippen LogP contribution in [0, 0.1) is 6.92 Å². The summed E-state index contributed by atoms with van der Waals surface area (Å²) in [5.74, 6) is 1.28. The van der Waals surface area contributed by atoms with Gasteiger partial charge in [0.05, 0.1) is 16.6 Å². The maximum atomic E-state index is 12.4. The molecule has 7 heteroatoms. The maximum Gasteiger partial charge on any atom is 0.253 e. The summed E-state index contributed by atoms with van der Waals surface area (Å²) in [5.41, 5.74) is 2.92. The molecule has 1 heterocycles. The predicted octanol–water partition coefficient (Wildman–Crippen LogP) is 4.56. The Morgan fingerprint density at radius 1 is 1.19 bits per heavy atom. The lowest BCUT2D eigenvalue weighted by molar-refractivity contribution is 0.0938. The lowest BCUT2D eigenvalue weighted by atomic mass is 10.2. The molecule has 0 aliphatic carbocycles. The lowest BCUT2D eigenvalue weighted by Gasteiger charge is -2.14. The number of halogens is 1. The van der Waals surface area contributed by atoms with Gasteiger partial charge in [0, 0.05) is 12.8 Å². The van der Waals surface area contributed by atoms with Crippen LogP contribution in [0.2, 0.25) is 5.02 Å². The fraction of sp³-hybridized carbons (Fsp3) is 0.250. The van der Waals surface area contributed by atoms with Gasteiger partial charge in [0.1, 0.15) is 0 Å². The summed E-state index contributed by atoms with van der Waals surface area (Å²) in [4.78, 5) is 12.4. The Labute approximate surface area is 168 Å². The molecule has 0 saturated heterocycles. The molecule has 2 aromatic carbocycles. The first kappa shape index (κ1) is 19.5. The van der Waals surface area contributed by atoms with Gasteiger partial charge in [-0.1, -0.05) is 65.3 Å². The first-order chi connectivity index (χ1) is 13.0. The van der Waals surface area contributed by atoms with Crippen molar-refractivity contribution < 1.29 is 4.79 Å². The van der Waals surface area contributed by atoms with Crippen molar-refractivity contribution in [3.05, 3.63) is 76.1 Å². The molecule has 1 atom stereocenters. The van der Waals surface area contributed by atoms with Crippen LogP contribution in [0.15, 0.2) is 53.7 Å². The molecule has 5 nitrogen and oxygen atoms in total. The Bertz CT molecular complexity index is 939. The van der Waals surface area contributed by atoms with Crippen molar-refractivity contribution in [3.63, 3.8) is 0 Å². The Kier molecular flexibility index (Phi) is 6.19. The fourth-order valence-corrected chi connectivity index (χ4v) is 3.74. The van der Waals surface area contributed by atoms with Gasteiger partial charge in [-0.2, -0.15) is 0 Å². The van der Waals surface area contributed by atoms with Gasteiger partial charge in [0.25, 0.3) is 5.91 Å². The number of amides is 1. The van der Waals surface area contributed by atoms with Crippen LogP contribution in [0.3, 0.4) is 0 Å². The molecule has 0 radical (unpaired) electrons. The molecule has 0 fully saturated rings. The second kappa shape index (κ2) is 8.59. The highest BCUT2D eigenvalue weighted by atomic mass is 35.5. The zero-order valence-corrected chi connectivity index (χ0v) is 17.0. The second-order valence-corrected chi connectivity index (χ2v) is 7.70. The van der Waals surface area contributed by atoms with E-state index >= 15 is 0 Å². The molecular formula is C20H21ClN4OS. The summed E-state index contributed by atoms with van der Waals surface area (Å²) < 4.78 is 1.91. The Morgan fingerprint density at radius 2 is 1.89 bits per heavy atom. The maximum absolute atomic E-state index is 12.4. The fourth-order valence-electron chi connectivity index (χ4n) is 2.65. The third kappa shape index (κ3) is 4.70. The van der Waals surface area contributed by atoms with E-state index in [9.17, 15) is 4.79 Å². The third-order valence-corrected chi connectivity index (χ3v) is 5.63. The van der Waals surface area contributed by atoms with Gasteiger partial charge in [-0.15, -0.1) is 10.2 Å². The van der Waals surface area contributed by atoms with Crippen molar-refractivity contribution in [2.75, 3.05) is 0 Å². The number of benzene rings is 2. The molecule has 0 aliphatic rings. The molecule has 3 rings (SSSR count). The van der Waals surface area contributed by atoms with Gasteiger partial charge >= 0.3 is 0 Å². The van der Waals surface area contributed by atoms with Crippen LogP contribution in [0.25, 0.3) is 0 Å². The minimum absolute atomic E-state index is 0.232. The molecule has 1 amide bonds. The SMILES string of the molecule is Cc1ccc(CSc2nnc([C@H](C)NC(=O)c3ccccc3Cl)n2C)cc1. The van der Waals surface area contributed by atoms with Gasteiger partial charge in [0.2, 0.25) is 0 Å². The monoisotopic (exact) mass is 400 g/mol. The summed E-state index contributed by atoms with van der Waals surface area (Å²) in [7, 11) is 1.91. The van der Waals surface area contributed by atoms with E-state index in [-0.39, 0.29) is 11.9 Å². The quantitative estimate of drug-likeness (QED) is 0.616. The van der Waals surface area contributed by atoms with E-state index in [1.54, 1.807) is 36.0 Å². The number of aromatic nitrogens is 3. The molecule has 0 spiro atoms. The van der Waals surface area contributed by atoms with Gasteiger partial charge < -0.3 is 9.88 Å². The number of carbonyl (C=O) groups is 1. The summed E-state index contributed by atoms with van der Waals surface area (Å²) in [6, 6.07) is 15.1. The van der Waals surface area contributed by atoms with E-state index in [1.165, 1.54) is 11.1 Å². The van der Waals surface area contributed by atoms with E-state index in [4.69, 9.17) is 11.6 Å². The zero-order chi connectivity index (χ0) is 19.4. The van der Waals surface area contributed by atoms with Gasteiger partial charge in [-0.05, 0) is 31.5 Å². The van der Waals surface area contributed by atoms with Crippen LogP contribution in [-0.4, -0.2) is 20.7 Å². The van der Waals surface area contributed by atoms with E-state index in [1.807, 2.05) is 18.5 Å². The molecule has 1 N–H and O–H groups in total. The topological polar surface area (TPSA) is 59.8 Å². The van der Waals surface area contributed by atoms with Crippen LogP contribution < -0.4 is 5.32 Å². The Morgan fingerprint density at radius 3 is 2.59 bits per heavy atom. The Balaban J connectivity index is 1.66. The Hall–Kier alpha value is -2.31. The number of nitrogens with zero attached hydrogens (tertiary/aromatic N) is 3. The average Bonchev–Trinajstić information content (AvgIpc) is 3.02. The third-order valence-electron chi connectivity index (χ3n) is 4.21. The highest BCUT2D eigenvalue weighted by Crippen LogP contribution is 2.23. The second-order valence-electron chi connectivity index (χ2n) is 6.35. The minimum atomic E-state index is -0.292. The van der Waals surface area contributed by atoms with Crippen LogP contribution in [0.4, 0.5) is 0 Å². The molecule has 1 aromatic heterocycles. The van der Waals surface area contributed by atoms with Crippen LogP contribution in [-0.2, 0) is 12.8 Å². The van der Waals surface area contributed by atoms with Crippen LogP contribution in [0.5, 0.6) is 0 Å². The average molecular weight is 401 g/mol. The molecule has 0 saturated carbocycles. The smallest absolute Gasteiger partial charge is 0.253 e. The summed E-state index contributed by atoms with van der Waals surface area (Å²) in [6.45, 7) is 3.96. The normalized spacial score (nSPS) is 12.0. The van der Waals surface area contributed by atoms with Gasteiger partial charge in [-0.3, -0.25) is 4.79 Å². The van der Waals surface area contributed by atoms with E-state index in [2.05, 4.69) is 46.7 Å². The summed E-state index contributed by atoms with van der Waals surface area (Å²) in [6.07, 6.45) is 0. The molecular weight excluding hydrogens is 380 g/mol. The van der Waals surface area contributed by atoms with Crippen molar-refractivity contribution >= 4 is 29.3 Å². The molecule has 3 aromatic rings. The summed E-state index contributed by atoms with van der Waals surface area (Å²) >= 11 is 7.71. The molecule has 0 unspecified atom stereocenters. The highest BCUT2D eigenvalue weighted by Gasteiger charge is 2.19. The zero-order valence-electron chi connectivity index (χ0n) is 15.4. The van der Waals surface area contributed by atoms with Gasteiger partial charge in [0.15, 0.2) is 11.0 Å². The number of hydrogen-bond donors (Lipinski definition) is 1. The minimum Gasteiger partial charge on any atom is -0.342 e. The van der Waals surface area contributed by atoms with Crippen LogP contribution >= 0.6 is 23.4 Å². The van der Waals surface area contributed by atoms with E-state index in [0.717, 1.165) is 10.9 Å². The number of thioether (sulfide) groups is 1. The first-order valence-electron chi connectivity index (χ1n) is 8.58. The number of carbonyl (C=O) groups excluding carboxylic acids is 1.